The van der Waals surface area contributed by atoms with Gasteiger partial charge in [0.25, 0.3) is 0 Å². The number of nitrogens with one attached hydrogen (secondary N) is 1. The van der Waals surface area contributed by atoms with Crippen molar-refractivity contribution in [1.82, 2.24) is 5.32 Å². The molecule has 1 amide bonds. The molecule has 6 heteroatoms. The standard InChI is InChI=1S/C16H21F2NO3/c1-16(2,3)13(20)10-19-14(21)9-6-11-4-7-12(8-5-11)22-15(17)18/h4-9,13,15,20H,10H2,1-3H3,(H,19,21)/b9-6+. The van der Waals surface area contributed by atoms with Gasteiger partial charge >= 0.3 is 6.61 Å². The molecule has 0 aliphatic heterocycles. The molecule has 22 heavy (non-hydrogen) atoms. The zero-order valence-electron chi connectivity index (χ0n) is 12.8. The van der Waals surface area contributed by atoms with Gasteiger partial charge in [0.15, 0.2) is 0 Å². The number of ether oxygens (including phenoxy) is 1. The van der Waals surface area contributed by atoms with Gasteiger partial charge in [-0.05, 0) is 29.2 Å². The number of carbonyl (C=O) groups is 1. The van der Waals surface area contributed by atoms with E-state index in [0.29, 0.717) is 5.56 Å². The van der Waals surface area contributed by atoms with Crippen molar-refractivity contribution >= 4 is 12.0 Å². The number of carbonyl (C=O) groups excluding carboxylic acids is 1. The normalized spacial score (nSPS) is 13.4. The van der Waals surface area contributed by atoms with Crippen LogP contribution in [-0.2, 0) is 4.79 Å². The van der Waals surface area contributed by atoms with Gasteiger partial charge in [0.05, 0.1) is 6.10 Å². The quantitative estimate of drug-likeness (QED) is 0.794. The van der Waals surface area contributed by atoms with Crippen molar-refractivity contribution in [2.45, 2.75) is 33.5 Å². The van der Waals surface area contributed by atoms with Crippen molar-refractivity contribution in [3.8, 4) is 5.75 Å². The van der Waals surface area contributed by atoms with Crippen molar-refractivity contribution in [1.29, 1.82) is 0 Å². The summed E-state index contributed by atoms with van der Waals surface area (Å²) in [5.41, 5.74) is 0.366. The molecular weight excluding hydrogens is 292 g/mol. The van der Waals surface area contributed by atoms with E-state index in [4.69, 9.17) is 0 Å². The first kappa shape index (κ1) is 18.1. The Morgan fingerprint density at radius 1 is 1.32 bits per heavy atom. The largest absolute Gasteiger partial charge is 0.435 e. The molecule has 1 atom stereocenters. The molecule has 0 spiro atoms. The summed E-state index contributed by atoms with van der Waals surface area (Å²) in [5.74, 6) is -0.277. The number of amides is 1. The van der Waals surface area contributed by atoms with Crippen molar-refractivity contribution in [3.63, 3.8) is 0 Å². The molecule has 0 radical (unpaired) electrons. The topological polar surface area (TPSA) is 58.6 Å². The molecule has 0 bridgehead atoms. The predicted octanol–water partition coefficient (Wildman–Crippen LogP) is 2.82. The first-order valence-corrected chi connectivity index (χ1v) is 6.87. The van der Waals surface area contributed by atoms with Gasteiger partial charge in [-0.3, -0.25) is 4.79 Å². The van der Waals surface area contributed by atoms with Crippen molar-refractivity contribution in [2.75, 3.05) is 6.54 Å². The molecule has 0 saturated heterocycles. The maximum Gasteiger partial charge on any atom is 0.387 e. The molecule has 0 aromatic heterocycles. The Labute approximate surface area is 128 Å². The van der Waals surface area contributed by atoms with Crippen LogP contribution in [0, 0.1) is 5.41 Å². The summed E-state index contributed by atoms with van der Waals surface area (Å²) in [6, 6.07) is 5.91. The van der Waals surface area contributed by atoms with Crippen LogP contribution in [0.15, 0.2) is 30.3 Å². The fourth-order valence-corrected chi connectivity index (χ4v) is 1.49. The molecular formula is C16H21F2NO3. The first-order chi connectivity index (χ1) is 10.2. The molecule has 122 valence electrons. The van der Waals surface area contributed by atoms with E-state index in [9.17, 15) is 18.7 Å². The summed E-state index contributed by atoms with van der Waals surface area (Å²) < 4.78 is 28.2. The summed E-state index contributed by atoms with van der Waals surface area (Å²) in [6.07, 6.45) is 2.22. The molecule has 1 aromatic rings. The van der Waals surface area contributed by atoms with Crippen molar-refractivity contribution < 1.29 is 23.4 Å². The first-order valence-electron chi connectivity index (χ1n) is 6.87. The average Bonchev–Trinajstić information content (AvgIpc) is 2.42. The minimum absolute atomic E-state index is 0.0601. The smallest absolute Gasteiger partial charge is 0.387 e. The second-order valence-corrected chi connectivity index (χ2v) is 5.91. The second kappa shape index (κ2) is 7.89. The van der Waals surface area contributed by atoms with Crippen LogP contribution in [0.2, 0.25) is 0 Å². The lowest BCUT2D eigenvalue weighted by molar-refractivity contribution is -0.117. The van der Waals surface area contributed by atoms with E-state index >= 15 is 0 Å². The van der Waals surface area contributed by atoms with Gasteiger partial charge in [0.2, 0.25) is 5.91 Å². The molecule has 0 saturated carbocycles. The molecule has 0 fully saturated rings. The van der Waals surface area contributed by atoms with Crippen LogP contribution in [0.1, 0.15) is 26.3 Å². The lowest BCUT2D eigenvalue weighted by atomic mass is 9.89. The summed E-state index contributed by atoms with van der Waals surface area (Å²) >= 11 is 0. The Morgan fingerprint density at radius 3 is 2.41 bits per heavy atom. The average molecular weight is 313 g/mol. The molecule has 2 N–H and O–H groups in total. The van der Waals surface area contributed by atoms with Crippen molar-refractivity contribution in [3.05, 3.63) is 35.9 Å². The van der Waals surface area contributed by atoms with Crippen LogP contribution < -0.4 is 10.1 Å². The van der Waals surface area contributed by atoms with Gasteiger partial charge in [-0.25, -0.2) is 0 Å². The number of benzene rings is 1. The summed E-state index contributed by atoms with van der Waals surface area (Å²) in [6.45, 7) is 2.93. The van der Waals surface area contributed by atoms with Gasteiger partial charge in [-0.15, -0.1) is 0 Å². The third-order valence-electron chi connectivity index (χ3n) is 3.00. The van der Waals surface area contributed by atoms with Gasteiger partial charge in [-0.2, -0.15) is 8.78 Å². The number of aliphatic hydroxyl groups excluding tert-OH is 1. The lowest BCUT2D eigenvalue weighted by Gasteiger charge is -2.25. The number of rotatable bonds is 6. The fraction of sp³-hybridized carbons (Fsp3) is 0.438. The number of alkyl halides is 2. The van der Waals surface area contributed by atoms with E-state index in [1.165, 1.54) is 18.2 Å². The fourth-order valence-electron chi connectivity index (χ4n) is 1.49. The summed E-state index contributed by atoms with van der Waals surface area (Å²) in [5, 5.41) is 12.4. The van der Waals surface area contributed by atoms with E-state index in [2.05, 4.69) is 10.1 Å². The highest BCUT2D eigenvalue weighted by Gasteiger charge is 2.21. The van der Waals surface area contributed by atoms with E-state index in [-0.39, 0.29) is 23.6 Å². The third kappa shape index (κ3) is 6.67. The van der Waals surface area contributed by atoms with E-state index < -0.39 is 12.7 Å². The zero-order valence-corrected chi connectivity index (χ0v) is 12.8. The Bertz CT molecular complexity index is 507. The number of hydrogen-bond acceptors (Lipinski definition) is 3. The molecule has 0 aliphatic carbocycles. The van der Waals surface area contributed by atoms with Crippen molar-refractivity contribution in [2.24, 2.45) is 5.41 Å². The van der Waals surface area contributed by atoms with E-state index in [1.54, 1.807) is 18.2 Å². The Morgan fingerprint density at radius 2 is 1.91 bits per heavy atom. The summed E-state index contributed by atoms with van der Waals surface area (Å²) in [4.78, 5) is 11.6. The monoisotopic (exact) mass is 313 g/mol. The molecule has 0 heterocycles. The van der Waals surface area contributed by atoms with Crippen LogP contribution in [0.4, 0.5) is 8.78 Å². The SMILES string of the molecule is CC(C)(C)C(O)CNC(=O)/C=C/c1ccc(OC(F)F)cc1. The van der Waals surface area contributed by atoms with Crippen LogP contribution in [0.5, 0.6) is 5.75 Å². The minimum atomic E-state index is -2.86. The van der Waals surface area contributed by atoms with Crippen LogP contribution in [0.3, 0.4) is 0 Å². The van der Waals surface area contributed by atoms with Crippen LogP contribution >= 0.6 is 0 Å². The highest BCUT2D eigenvalue weighted by atomic mass is 19.3. The maximum atomic E-state index is 12.0. The molecule has 0 aliphatic rings. The predicted molar refractivity (Wildman–Crippen MR) is 80.6 cm³/mol. The highest BCUT2D eigenvalue weighted by molar-refractivity contribution is 5.91. The van der Waals surface area contributed by atoms with E-state index in [1.807, 2.05) is 20.8 Å². The maximum absolute atomic E-state index is 12.0. The Hall–Kier alpha value is -1.95. The van der Waals surface area contributed by atoms with Crippen LogP contribution in [0.25, 0.3) is 6.08 Å². The van der Waals surface area contributed by atoms with E-state index in [0.717, 1.165) is 0 Å². The van der Waals surface area contributed by atoms with Gasteiger partial charge < -0.3 is 15.2 Å². The molecule has 1 unspecified atom stereocenters. The number of halogens is 2. The molecule has 4 nitrogen and oxygen atoms in total. The van der Waals surface area contributed by atoms with Gasteiger partial charge in [0.1, 0.15) is 5.75 Å². The minimum Gasteiger partial charge on any atom is -0.435 e. The van der Waals surface area contributed by atoms with Gasteiger partial charge in [0, 0.05) is 12.6 Å². The molecule has 1 rings (SSSR count). The Kier molecular flexibility index (Phi) is 6.49. The number of hydrogen-bond donors (Lipinski definition) is 2. The second-order valence-electron chi connectivity index (χ2n) is 5.91. The lowest BCUT2D eigenvalue weighted by Crippen LogP contribution is -2.38. The molecule has 1 aromatic carbocycles. The third-order valence-corrected chi connectivity index (χ3v) is 3.00. The van der Waals surface area contributed by atoms with Crippen LogP contribution in [-0.4, -0.2) is 30.3 Å². The number of aliphatic hydroxyl groups is 1. The van der Waals surface area contributed by atoms with Gasteiger partial charge in [-0.1, -0.05) is 32.9 Å². The zero-order chi connectivity index (χ0) is 16.8. The Balaban J connectivity index is 2.49. The summed E-state index contributed by atoms with van der Waals surface area (Å²) in [7, 11) is 0. The highest BCUT2D eigenvalue weighted by Crippen LogP contribution is 2.18.